The topological polar surface area (TPSA) is 73.1 Å². The van der Waals surface area contributed by atoms with Gasteiger partial charge >= 0.3 is 5.97 Å². The average molecular weight is 241 g/mol. The van der Waals surface area contributed by atoms with Gasteiger partial charge < -0.3 is 10.4 Å². The van der Waals surface area contributed by atoms with Gasteiger partial charge in [-0.3, -0.25) is 0 Å². The van der Waals surface area contributed by atoms with E-state index >= 15 is 0 Å². The maximum absolute atomic E-state index is 13.3. The lowest BCUT2D eigenvalue weighted by atomic mass is 10.3. The summed E-state index contributed by atoms with van der Waals surface area (Å²) in [6.07, 6.45) is 0.900. The third kappa shape index (κ3) is 2.72. The van der Waals surface area contributed by atoms with Crippen molar-refractivity contribution in [2.24, 2.45) is 0 Å². The van der Waals surface area contributed by atoms with E-state index < -0.39 is 17.4 Å². The van der Waals surface area contributed by atoms with Crippen LogP contribution in [0.3, 0.4) is 0 Å². The zero-order valence-electron chi connectivity index (χ0n) is 7.87. The summed E-state index contributed by atoms with van der Waals surface area (Å²) in [5.74, 6) is -2.10. The SMILES string of the molecule is N#C/C(=C\Nc1cccc(Cl)c1F)C(=O)O. The second kappa shape index (κ2) is 5.14. The predicted octanol–water partition coefficient (Wildman–Crippen LogP) is 2.38. The van der Waals surface area contributed by atoms with Crippen LogP contribution in [0.2, 0.25) is 5.02 Å². The van der Waals surface area contributed by atoms with Gasteiger partial charge in [-0.25, -0.2) is 9.18 Å². The molecule has 82 valence electrons. The van der Waals surface area contributed by atoms with Crippen molar-refractivity contribution in [2.75, 3.05) is 5.32 Å². The first kappa shape index (κ1) is 12.0. The lowest BCUT2D eigenvalue weighted by molar-refractivity contribution is -0.132. The Kier molecular flexibility index (Phi) is 3.86. The average Bonchev–Trinajstić information content (AvgIpc) is 2.24. The first-order valence-electron chi connectivity index (χ1n) is 4.10. The molecule has 0 aliphatic heterocycles. The van der Waals surface area contributed by atoms with Gasteiger partial charge in [-0.15, -0.1) is 0 Å². The number of nitriles is 1. The lowest BCUT2D eigenvalue weighted by Gasteiger charge is -2.03. The number of carboxylic acids is 1. The van der Waals surface area contributed by atoms with E-state index in [-0.39, 0.29) is 10.7 Å². The molecule has 0 fully saturated rings. The molecule has 0 spiro atoms. The van der Waals surface area contributed by atoms with E-state index in [2.05, 4.69) is 5.32 Å². The minimum atomic E-state index is -1.39. The second-order valence-electron chi connectivity index (χ2n) is 2.72. The van der Waals surface area contributed by atoms with E-state index in [0.717, 1.165) is 6.20 Å². The molecule has 16 heavy (non-hydrogen) atoms. The number of benzene rings is 1. The van der Waals surface area contributed by atoms with Crippen molar-refractivity contribution in [2.45, 2.75) is 0 Å². The number of carbonyl (C=O) groups is 1. The van der Waals surface area contributed by atoms with Gasteiger partial charge in [0.05, 0.1) is 10.7 Å². The number of anilines is 1. The van der Waals surface area contributed by atoms with Crippen LogP contribution in [0, 0.1) is 17.1 Å². The molecule has 0 radical (unpaired) electrons. The molecule has 0 atom stereocenters. The van der Waals surface area contributed by atoms with E-state index in [1.165, 1.54) is 24.3 Å². The summed E-state index contributed by atoms with van der Waals surface area (Å²) in [6.45, 7) is 0. The van der Waals surface area contributed by atoms with Crippen molar-refractivity contribution < 1.29 is 14.3 Å². The fraction of sp³-hybridized carbons (Fsp3) is 0. The Bertz CT molecular complexity index is 494. The molecule has 0 saturated heterocycles. The molecule has 0 aromatic heterocycles. The molecule has 0 amide bonds. The highest BCUT2D eigenvalue weighted by atomic mass is 35.5. The number of rotatable bonds is 3. The van der Waals surface area contributed by atoms with Gasteiger partial charge in [-0.2, -0.15) is 5.26 Å². The standard InChI is InChI=1S/C10H6ClFN2O2/c11-7-2-1-3-8(9(7)12)14-5-6(4-13)10(15)16/h1-3,5,14H,(H,15,16)/b6-5+. The van der Waals surface area contributed by atoms with Crippen LogP contribution in [0.15, 0.2) is 30.0 Å². The maximum Gasteiger partial charge on any atom is 0.347 e. The summed E-state index contributed by atoms with van der Waals surface area (Å²) in [6, 6.07) is 5.67. The van der Waals surface area contributed by atoms with Crippen molar-refractivity contribution in [1.29, 1.82) is 5.26 Å². The van der Waals surface area contributed by atoms with E-state index in [1.54, 1.807) is 0 Å². The molecule has 0 heterocycles. The normalized spacial score (nSPS) is 10.7. The van der Waals surface area contributed by atoms with Gasteiger partial charge in [-0.1, -0.05) is 17.7 Å². The first-order valence-corrected chi connectivity index (χ1v) is 4.48. The van der Waals surface area contributed by atoms with Gasteiger partial charge in [0.25, 0.3) is 0 Å². The Hall–Kier alpha value is -2.06. The molecule has 2 N–H and O–H groups in total. The summed E-state index contributed by atoms with van der Waals surface area (Å²) < 4.78 is 13.3. The minimum Gasteiger partial charge on any atom is -0.477 e. The highest BCUT2D eigenvalue weighted by Gasteiger charge is 2.07. The lowest BCUT2D eigenvalue weighted by Crippen LogP contribution is -2.02. The predicted molar refractivity (Wildman–Crippen MR) is 56.4 cm³/mol. The van der Waals surface area contributed by atoms with E-state index in [9.17, 15) is 9.18 Å². The highest BCUT2D eigenvalue weighted by Crippen LogP contribution is 2.21. The van der Waals surface area contributed by atoms with E-state index in [0.29, 0.717) is 0 Å². The summed E-state index contributed by atoms with van der Waals surface area (Å²) in [7, 11) is 0. The largest absolute Gasteiger partial charge is 0.477 e. The molecule has 0 saturated carbocycles. The molecule has 4 nitrogen and oxygen atoms in total. The molecular weight excluding hydrogens is 235 g/mol. The van der Waals surface area contributed by atoms with Crippen LogP contribution < -0.4 is 5.32 Å². The van der Waals surface area contributed by atoms with Crippen molar-refractivity contribution >= 4 is 23.3 Å². The molecule has 0 bridgehead atoms. The Labute approximate surface area is 95.6 Å². The summed E-state index contributed by atoms with van der Waals surface area (Å²) in [5.41, 5.74) is -0.527. The number of aliphatic carboxylic acids is 1. The first-order chi connectivity index (χ1) is 7.56. The molecular formula is C10H6ClFN2O2. The van der Waals surface area contributed by atoms with Crippen molar-refractivity contribution in [3.8, 4) is 6.07 Å². The van der Waals surface area contributed by atoms with E-state index in [1.807, 2.05) is 0 Å². The molecule has 1 aromatic carbocycles. The van der Waals surface area contributed by atoms with Gasteiger partial charge in [-0.05, 0) is 12.1 Å². The van der Waals surface area contributed by atoms with Gasteiger partial charge in [0.2, 0.25) is 0 Å². The third-order valence-electron chi connectivity index (χ3n) is 1.67. The molecule has 1 aromatic rings. The quantitative estimate of drug-likeness (QED) is 0.628. The van der Waals surface area contributed by atoms with Gasteiger partial charge in [0, 0.05) is 6.20 Å². The smallest absolute Gasteiger partial charge is 0.347 e. The van der Waals surface area contributed by atoms with Crippen LogP contribution >= 0.6 is 11.6 Å². The van der Waals surface area contributed by atoms with Crippen LogP contribution in [0.25, 0.3) is 0 Å². The van der Waals surface area contributed by atoms with Crippen LogP contribution in [0.1, 0.15) is 0 Å². The Morgan fingerprint density at radius 2 is 2.31 bits per heavy atom. The Balaban J connectivity index is 2.95. The van der Waals surface area contributed by atoms with Gasteiger partial charge in [0.15, 0.2) is 11.4 Å². The summed E-state index contributed by atoms with van der Waals surface area (Å²) >= 11 is 5.51. The van der Waals surface area contributed by atoms with E-state index in [4.69, 9.17) is 22.0 Å². The number of carboxylic acid groups (broad SMARTS) is 1. The summed E-state index contributed by atoms with van der Waals surface area (Å²) in [5, 5.41) is 19.2. The fourth-order valence-electron chi connectivity index (χ4n) is 0.907. The number of hydrogen-bond acceptors (Lipinski definition) is 3. The highest BCUT2D eigenvalue weighted by molar-refractivity contribution is 6.31. The molecule has 1 rings (SSSR count). The molecule has 0 unspecified atom stereocenters. The van der Waals surface area contributed by atoms with Crippen LogP contribution in [0.4, 0.5) is 10.1 Å². The number of nitrogens with zero attached hydrogens (tertiary/aromatic N) is 1. The van der Waals surface area contributed by atoms with Crippen LogP contribution in [-0.4, -0.2) is 11.1 Å². The second-order valence-corrected chi connectivity index (χ2v) is 3.13. The van der Waals surface area contributed by atoms with Crippen molar-refractivity contribution in [3.05, 3.63) is 40.8 Å². The Morgan fingerprint density at radius 3 is 2.88 bits per heavy atom. The molecule has 0 aliphatic rings. The fourth-order valence-corrected chi connectivity index (χ4v) is 1.08. The number of nitrogens with one attached hydrogen (secondary N) is 1. The molecule has 0 aliphatic carbocycles. The number of halogens is 2. The van der Waals surface area contributed by atoms with Crippen LogP contribution in [0.5, 0.6) is 0 Å². The number of hydrogen-bond donors (Lipinski definition) is 2. The van der Waals surface area contributed by atoms with Gasteiger partial charge in [0.1, 0.15) is 6.07 Å². The van der Waals surface area contributed by atoms with Crippen LogP contribution in [-0.2, 0) is 4.79 Å². The third-order valence-corrected chi connectivity index (χ3v) is 1.97. The monoisotopic (exact) mass is 240 g/mol. The van der Waals surface area contributed by atoms with Crippen molar-refractivity contribution in [1.82, 2.24) is 0 Å². The van der Waals surface area contributed by atoms with Crippen molar-refractivity contribution in [3.63, 3.8) is 0 Å². The molecule has 6 heteroatoms. The zero-order chi connectivity index (χ0) is 12.1. The minimum absolute atomic E-state index is 0.00139. The summed E-state index contributed by atoms with van der Waals surface area (Å²) in [4.78, 5) is 10.5. The maximum atomic E-state index is 13.3. The zero-order valence-corrected chi connectivity index (χ0v) is 8.62. The Morgan fingerprint density at radius 1 is 1.62 bits per heavy atom.